The Hall–Kier alpha value is -2.10. The molecule has 1 aliphatic heterocycles. The van der Waals surface area contributed by atoms with Crippen LogP contribution in [0.4, 0.5) is 0 Å². The molecular weight excluding hydrogens is 320 g/mol. The van der Waals surface area contributed by atoms with Crippen molar-refractivity contribution in [3.63, 3.8) is 0 Å². The van der Waals surface area contributed by atoms with Crippen molar-refractivity contribution >= 4 is 10.9 Å². The minimum Gasteiger partial charge on any atom is -0.387 e. The van der Waals surface area contributed by atoms with Gasteiger partial charge in [0, 0.05) is 36.1 Å². The van der Waals surface area contributed by atoms with Crippen LogP contribution in [0.2, 0.25) is 0 Å². The van der Waals surface area contributed by atoms with Crippen molar-refractivity contribution in [3.05, 3.63) is 70.4 Å². The third-order valence-corrected chi connectivity index (χ3v) is 5.75. The van der Waals surface area contributed by atoms with Crippen LogP contribution in [0.15, 0.2) is 42.5 Å². The van der Waals surface area contributed by atoms with Crippen LogP contribution in [0.5, 0.6) is 0 Å². The second kappa shape index (κ2) is 6.90. The van der Waals surface area contributed by atoms with E-state index >= 15 is 0 Å². The van der Waals surface area contributed by atoms with Gasteiger partial charge < -0.3 is 9.67 Å². The molecule has 4 rings (SSSR count). The molecule has 1 atom stereocenters. The molecule has 1 aromatic heterocycles. The van der Waals surface area contributed by atoms with E-state index in [1.165, 1.54) is 33.3 Å². The van der Waals surface area contributed by atoms with Crippen LogP contribution in [0, 0.1) is 13.8 Å². The molecule has 2 aromatic carbocycles. The van der Waals surface area contributed by atoms with Gasteiger partial charge in [-0.25, -0.2) is 0 Å². The molecular formula is C23H28N2O. The van der Waals surface area contributed by atoms with Crippen molar-refractivity contribution in [2.24, 2.45) is 0 Å². The van der Waals surface area contributed by atoms with E-state index in [2.05, 4.69) is 60.6 Å². The number of hydrogen-bond donors (Lipinski definition) is 1. The Morgan fingerprint density at radius 1 is 1.04 bits per heavy atom. The van der Waals surface area contributed by atoms with Crippen molar-refractivity contribution in [1.82, 2.24) is 9.47 Å². The molecule has 3 nitrogen and oxygen atoms in total. The summed E-state index contributed by atoms with van der Waals surface area (Å²) in [6.07, 6.45) is 0.568. The highest BCUT2D eigenvalue weighted by molar-refractivity contribution is 5.86. The number of likely N-dealkylation sites (N-methyl/N-ethyl adjacent to an activating group) is 1. The average Bonchev–Trinajstić information content (AvgIpc) is 2.94. The maximum Gasteiger partial charge on any atom is 0.0969 e. The predicted octanol–water partition coefficient (Wildman–Crippen LogP) is 4.37. The summed E-state index contributed by atoms with van der Waals surface area (Å²) < 4.78 is 2.36. The maximum atomic E-state index is 10.9. The third-order valence-electron chi connectivity index (χ3n) is 5.75. The number of benzene rings is 2. The molecule has 0 saturated carbocycles. The van der Waals surface area contributed by atoms with Crippen molar-refractivity contribution in [3.8, 4) is 0 Å². The smallest absolute Gasteiger partial charge is 0.0969 e. The minimum atomic E-state index is -0.485. The Morgan fingerprint density at radius 2 is 1.77 bits per heavy atom. The number of fused-ring (bicyclic) bond motifs is 3. The molecule has 0 fully saturated rings. The van der Waals surface area contributed by atoms with Gasteiger partial charge in [0.15, 0.2) is 0 Å². The van der Waals surface area contributed by atoms with Crippen LogP contribution in [0.1, 0.15) is 41.0 Å². The highest BCUT2D eigenvalue weighted by Crippen LogP contribution is 2.33. The summed E-state index contributed by atoms with van der Waals surface area (Å²) in [5, 5.41) is 12.2. The molecule has 0 aliphatic carbocycles. The van der Waals surface area contributed by atoms with Crippen LogP contribution in [-0.4, -0.2) is 27.7 Å². The number of nitrogens with zero attached hydrogens (tertiary/aromatic N) is 2. The van der Waals surface area contributed by atoms with Crippen molar-refractivity contribution in [2.75, 3.05) is 13.1 Å². The second-order valence-electron chi connectivity index (χ2n) is 7.60. The summed E-state index contributed by atoms with van der Waals surface area (Å²) in [4.78, 5) is 2.50. The number of rotatable bonds is 4. The standard InChI is InChI=1S/C23H28N2O/c1-4-24-12-11-22-20(14-24)19-13-17(3)7-10-21(19)25(22)15-23(26)18-8-5-16(2)6-9-18/h5-10,13,23,26H,4,11-12,14-15H2,1-3H3. The molecule has 2 heterocycles. The molecule has 0 radical (unpaired) electrons. The Bertz CT molecular complexity index is 924. The molecule has 3 aromatic rings. The monoisotopic (exact) mass is 348 g/mol. The minimum absolute atomic E-state index is 0.485. The van der Waals surface area contributed by atoms with Gasteiger partial charge in [0.25, 0.3) is 0 Å². The summed E-state index contributed by atoms with van der Waals surface area (Å²) >= 11 is 0. The summed E-state index contributed by atoms with van der Waals surface area (Å²) in [5.74, 6) is 0. The fraction of sp³-hybridized carbons (Fsp3) is 0.391. The Labute approximate surface area is 155 Å². The number of aliphatic hydroxyl groups excluding tert-OH is 1. The first kappa shape index (κ1) is 17.3. The Morgan fingerprint density at radius 3 is 2.50 bits per heavy atom. The van der Waals surface area contributed by atoms with Crippen LogP contribution >= 0.6 is 0 Å². The van der Waals surface area contributed by atoms with Crippen LogP contribution in [0.3, 0.4) is 0 Å². The lowest BCUT2D eigenvalue weighted by Gasteiger charge is -2.27. The molecule has 136 valence electrons. The first-order chi connectivity index (χ1) is 12.6. The summed E-state index contributed by atoms with van der Waals surface area (Å²) in [7, 11) is 0. The van der Waals surface area contributed by atoms with E-state index in [1.54, 1.807) is 0 Å². The molecule has 1 N–H and O–H groups in total. The van der Waals surface area contributed by atoms with Gasteiger partial charge in [0.2, 0.25) is 0 Å². The summed E-state index contributed by atoms with van der Waals surface area (Å²) in [6, 6.07) is 14.9. The van der Waals surface area contributed by atoms with Gasteiger partial charge >= 0.3 is 0 Å². The van der Waals surface area contributed by atoms with E-state index in [0.29, 0.717) is 6.54 Å². The molecule has 0 bridgehead atoms. The van der Waals surface area contributed by atoms with Gasteiger partial charge in [-0.3, -0.25) is 4.90 Å². The quantitative estimate of drug-likeness (QED) is 0.758. The molecule has 0 amide bonds. The van der Waals surface area contributed by atoms with E-state index in [0.717, 1.165) is 31.6 Å². The highest BCUT2D eigenvalue weighted by Gasteiger charge is 2.24. The maximum absolute atomic E-state index is 10.9. The first-order valence-corrected chi connectivity index (χ1v) is 9.64. The zero-order valence-corrected chi connectivity index (χ0v) is 16.0. The average molecular weight is 348 g/mol. The van der Waals surface area contributed by atoms with Gasteiger partial charge in [-0.1, -0.05) is 48.4 Å². The largest absolute Gasteiger partial charge is 0.387 e. The normalized spacial score (nSPS) is 16.0. The van der Waals surface area contributed by atoms with Gasteiger partial charge in [-0.15, -0.1) is 0 Å². The van der Waals surface area contributed by atoms with Gasteiger partial charge in [0.05, 0.1) is 12.6 Å². The van der Waals surface area contributed by atoms with E-state index in [9.17, 15) is 5.11 Å². The fourth-order valence-corrected chi connectivity index (χ4v) is 4.17. The number of aromatic nitrogens is 1. The first-order valence-electron chi connectivity index (χ1n) is 9.64. The fourth-order valence-electron chi connectivity index (χ4n) is 4.17. The Balaban J connectivity index is 1.76. The van der Waals surface area contributed by atoms with Crippen LogP contribution in [0.25, 0.3) is 10.9 Å². The predicted molar refractivity (Wildman–Crippen MR) is 107 cm³/mol. The van der Waals surface area contributed by atoms with Crippen LogP contribution in [-0.2, 0) is 19.5 Å². The van der Waals surface area contributed by atoms with Gasteiger partial charge in [0.1, 0.15) is 0 Å². The summed E-state index contributed by atoms with van der Waals surface area (Å²) in [5.41, 5.74) is 7.62. The SMILES string of the molecule is CCN1CCc2c(c3cc(C)ccc3n2CC(O)c2ccc(C)cc2)C1. The molecule has 3 heteroatoms. The topological polar surface area (TPSA) is 28.4 Å². The molecule has 0 spiro atoms. The van der Waals surface area contributed by atoms with Gasteiger partial charge in [-0.2, -0.15) is 0 Å². The van der Waals surface area contributed by atoms with E-state index in [-0.39, 0.29) is 0 Å². The van der Waals surface area contributed by atoms with E-state index in [4.69, 9.17) is 0 Å². The van der Waals surface area contributed by atoms with Crippen molar-refractivity contribution in [1.29, 1.82) is 0 Å². The Kier molecular flexibility index (Phi) is 4.60. The zero-order chi connectivity index (χ0) is 18.3. The molecule has 0 saturated heterocycles. The lowest BCUT2D eigenvalue weighted by atomic mass is 10.0. The third kappa shape index (κ3) is 3.06. The molecule has 1 aliphatic rings. The van der Waals surface area contributed by atoms with Crippen molar-refractivity contribution < 1.29 is 5.11 Å². The number of aryl methyl sites for hydroxylation is 2. The molecule has 1 unspecified atom stereocenters. The second-order valence-corrected chi connectivity index (χ2v) is 7.60. The highest BCUT2D eigenvalue weighted by atomic mass is 16.3. The lowest BCUT2D eigenvalue weighted by Crippen LogP contribution is -2.31. The van der Waals surface area contributed by atoms with Crippen LogP contribution < -0.4 is 0 Å². The molecule has 26 heavy (non-hydrogen) atoms. The van der Waals surface area contributed by atoms with Gasteiger partial charge in [-0.05, 0) is 43.7 Å². The zero-order valence-electron chi connectivity index (χ0n) is 16.0. The van der Waals surface area contributed by atoms with E-state index in [1.807, 2.05) is 12.1 Å². The number of aliphatic hydroxyl groups is 1. The number of hydrogen-bond acceptors (Lipinski definition) is 2. The summed E-state index contributed by atoms with van der Waals surface area (Å²) in [6.45, 7) is 10.3. The lowest BCUT2D eigenvalue weighted by molar-refractivity contribution is 0.156. The van der Waals surface area contributed by atoms with Crippen molar-refractivity contribution in [2.45, 2.75) is 46.4 Å². The van der Waals surface area contributed by atoms with E-state index < -0.39 is 6.10 Å².